The summed E-state index contributed by atoms with van der Waals surface area (Å²) in [5.41, 5.74) is 0.468. The number of carboxylic acid groups (broad SMARTS) is 1. The van der Waals surface area contributed by atoms with E-state index in [1.165, 1.54) is 29.2 Å². The van der Waals surface area contributed by atoms with E-state index in [2.05, 4.69) is 0 Å². The molecule has 1 amide bonds. The minimum absolute atomic E-state index is 0.0102. The molecule has 0 radical (unpaired) electrons. The highest BCUT2D eigenvalue weighted by Crippen LogP contribution is 2.29. The molecule has 1 N–H and O–H groups in total. The highest BCUT2D eigenvalue weighted by molar-refractivity contribution is 5.87. The third-order valence-corrected chi connectivity index (χ3v) is 3.23. The average molecular weight is 250 g/mol. The fourth-order valence-corrected chi connectivity index (χ4v) is 2.37. The van der Waals surface area contributed by atoms with Gasteiger partial charge in [-0.15, -0.1) is 0 Å². The molecule has 96 valence electrons. The Bertz CT molecular complexity index is 452. The van der Waals surface area contributed by atoms with Crippen LogP contribution in [0, 0.1) is 10.1 Å². The molecule has 1 aromatic carbocycles. The second-order valence-electron chi connectivity index (χ2n) is 4.36. The molecule has 2 rings (SSSR count). The van der Waals surface area contributed by atoms with Crippen LogP contribution in [0.2, 0.25) is 0 Å². The van der Waals surface area contributed by atoms with Crippen molar-refractivity contribution in [2.45, 2.75) is 31.7 Å². The molecule has 0 spiro atoms. The number of non-ortho nitro benzene ring substituents is 1. The van der Waals surface area contributed by atoms with E-state index in [9.17, 15) is 20.0 Å². The number of carbonyl (C=O) groups is 1. The van der Waals surface area contributed by atoms with Gasteiger partial charge >= 0.3 is 6.09 Å². The van der Waals surface area contributed by atoms with Crippen LogP contribution in [-0.2, 0) is 0 Å². The molecule has 1 aliphatic carbocycles. The SMILES string of the molecule is O=C(O)N(c1ccc([N+](=O)[O-])cc1)C1CCCC1. The van der Waals surface area contributed by atoms with Gasteiger partial charge in [0.1, 0.15) is 0 Å². The number of hydrogen-bond acceptors (Lipinski definition) is 3. The van der Waals surface area contributed by atoms with Crippen molar-refractivity contribution in [2.24, 2.45) is 0 Å². The number of nitrogens with zero attached hydrogens (tertiary/aromatic N) is 2. The fourth-order valence-electron chi connectivity index (χ4n) is 2.37. The van der Waals surface area contributed by atoms with E-state index in [1.807, 2.05) is 0 Å². The van der Waals surface area contributed by atoms with Gasteiger partial charge in [-0.05, 0) is 25.0 Å². The number of nitro benzene ring substituents is 1. The van der Waals surface area contributed by atoms with E-state index in [0.29, 0.717) is 5.69 Å². The number of hydrogen-bond donors (Lipinski definition) is 1. The lowest BCUT2D eigenvalue weighted by molar-refractivity contribution is -0.384. The highest BCUT2D eigenvalue weighted by atomic mass is 16.6. The third kappa shape index (κ3) is 2.42. The van der Waals surface area contributed by atoms with Gasteiger partial charge < -0.3 is 5.11 Å². The summed E-state index contributed by atoms with van der Waals surface area (Å²) in [7, 11) is 0. The summed E-state index contributed by atoms with van der Waals surface area (Å²) < 4.78 is 0. The number of rotatable bonds is 3. The van der Waals surface area contributed by atoms with Gasteiger partial charge in [0.25, 0.3) is 5.69 Å². The fraction of sp³-hybridized carbons (Fsp3) is 0.417. The molecular formula is C12H14N2O4. The molecule has 1 saturated carbocycles. The van der Waals surface area contributed by atoms with Gasteiger partial charge in [-0.25, -0.2) is 4.79 Å². The molecule has 0 unspecified atom stereocenters. The van der Waals surface area contributed by atoms with Gasteiger partial charge in [-0.3, -0.25) is 15.0 Å². The van der Waals surface area contributed by atoms with Gasteiger partial charge in [0, 0.05) is 23.9 Å². The second kappa shape index (κ2) is 5.03. The number of nitro groups is 1. The maximum atomic E-state index is 11.3. The topological polar surface area (TPSA) is 83.7 Å². The van der Waals surface area contributed by atoms with E-state index in [-0.39, 0.29) is 11.7 Å². The first-order valence-electron chi connectivity index (χ1n) is 5.86. The number of benzene rings is 1. The van der Waals surface area contributed by atoms with Crippen molar-refractivity contribution >= 4 is 17.5 Å². The summed E-state index contributed by atoms with van der Waals surface area (Å²) in [5.74, 6) is 0. The average Bonchev–Trinajstić information content (AvgIpc) is 2.83. The second-order valence-corrected chi connectivity index (χ2v) is 4.36. The van der Waals surface area contributed by atoms with Gasteiger partial charge in [-0.2, -0.15) is 0 Å². The Morgan fingerprint density at radius 1 is 1.28 bits per heavy atom. The summed E-state index contributed by atoms with van der Waals surface area (Å²) >= 11 is 0. The van der Waals surface area contributed by atoms with Gasteiger partial charge in [0.2, 0.25) is 0 Å². The molecule has 1 fully saturated rings. The molecule has 18 heavy (non-hydrogen) atoms. The molecule has 6 nitrogen and oxygen atoms in total. The molecule has 0 aromatic heterocycles. The lowest BCUT2D eigenvalue weighted by Gasteiger charge is -2.25. The number of anilines is 1. The predicted molar refractivity (Wildman–Crippen MR) is 65.9 cm³/mol. The van der Waals surface area contributed by atoms with Crippen molar-refractivity contribution in [3.63, 3.8) is 0 Å². The lowest BCUT2D eigenvalue weighted by Crippen LogP contribution is -2.37. The molecule has 1 aliphatic rings. The van der Waals surface area contributed by atoms with E-state index >= 15 is 0 Å². The first-order chi connectivity index (χ1) is 8.59. The summed E-state index contributed by atoms with van der Waals surface area (Å²) in [4.78, 5) is 22.7. The zero-order valence-corrected chi connectivity index (χ0v) is 9.78. The third-order valence-electron chi connectivity index (χ3n) is 3.23. The van der Waals surface area contributed by atoms with Gasteiger partial charge in [0.05, 0.1) is 4.92 Å². The van der Waals surface area contributed by atoms with Crippen LogP contribution in [-0.4, -0.2) is 22.2 Å². The van der Waals surface area contributed by atoms with Crippen molar-refractivity contribution in [2.75, 3.05) is 4.90 Å². The molecule has 0 saturated heterocycles. The Labute approximate surface area is 104 Å². The largest absolute Gasteiger partial charge is 0.465 e. The molecule has 0 bridgehead atoms. The first kappa shape index (κ1) is 12.3. The maximum Gasteiger partial charge on any atom is 0.412 e. The summed E-state index contributed by atoms with van der Waals surface area (Å²) in [5, 5.41) is 19.8. The smallest absolute Gasteiger partial charge is 0.412 e. The van der Waals surface area contributed by atoms with E-state index < -0.39 is 11.0 Å². The monoisotopic (exact) mass is 250 g/mol. The highest BCUT2D eigenvalue weighted by Gasteiger charge is 2.27. The van der Waals surface area contributed by atoms with E-state index in [1.54, 1.807) is 0 Å². The van der Waals surface area contributed by atoms with Crippen LogP contribution < -0.4 is 4.90 Å². The van der Waals surface area contributed by atoms with Crippen LogP contribution in [0.25, 0.3) is 0 Å². The zero-order chi connectivity index (χ0) is 13.1. The molecule has 1 aromatic rings. The Morgan fingerprint density at radius 3 is 2.28 bits per heavy atom. The summed E-state index contributed by atoms with van der Waals surface area (Å²) in [6, 6.07) is 5.64. The van der Waals surface area contributed by atoms with Crippen LogP contribution in [0.5, 0.6) is 0 Å². The summed E-state index contributed by atoms with van der Waals surface area (Å²) in [6.07, 6.45) is 2.76. The van der Waals surface area contributed by atoms with Crippen molar-refractivity contribution in [1.82, 2.24) is 0 Å². The molecule has 6 heteroatoms. The Morgan fingerprint density at radius 2 is 1.83 bits per heavy atom. The van der Waals surface area contributed by atoms with Crippen molar-refractivity contribution in [1.29, 1.82) is 0 Å². The van der Waals surface area contributed by atoms with Crippen LogP contribution in [0.4, 0.5) is 16.2 Å². The maximum absolute atomic E-state index is 11.3. The molecule has 0 aliphatic heterocycles. The Kier molecular flexibility index (Phi) is 3.45. The normalized spacial score (nSPS) is 15.6. The van der Waals surface area contributed by atoms with Gasteiger partial charge in [0.15, 0.2) is 0 Å². The zero-order valence-electron chi connectivity index (χ0n) is 9.78. The Hall–Kier alpha value is -2.11. The van der Waals surface area contributed by atoms with E-state index in [4.69, 9.17) is 0 Å². The van der Waals surface area contributed by atoms with Crippen LogP contribution in [0.15, 0.2) is 24.3 Å². The standard InChI is InChI=1S/C12H14N2O4/c15-12(16)13(9-3-1-2-4-9)10-5-7-11(8-6-10)14(17)18/h5-9H,1-4H2,(H,15,16). The minimum atomic E-state index is -1.00. The van der Waals surface area contributed by atoms with Gasteiger partial charge in [-0.1, -0.05) is 12.8 Å². The molecule has 0 heterocycles. The summed E-state index contributed by atoms with van der Waals surface area (Å²) in [6.45, 7) is 0. The van der Waals surface area contributed by atoms with Crippen molar-refractivity contribution < 1.29 is 14.8 Å². The van der Waals surface area contributed by atoms with Crippen LogP contribution in [0.3, 0.4) is 0 Å². The lowest BCUT2D eigenvalue weighted by atomic mass is 10.2. The minimum Gasteiger partial charge on any atom is -0.465 e. The number of amides is 1. The quantitative estimate of drug-likeness (QED) is 0.660. The molecule has 0 atom stereocenters. The first-order valence-corrected chi connectivity index (χ1v) is 5.86. The van der Waals surface area contributed by atoms with Crippen molar-refractivity contribution in [3.05, 3.63) is 34.4 Å². The predicted octanol–water partition coefficient (Wildman–Crippen LogP) is 3.02. The van der Waals surface area contributed by atoms with Crippen molar-refractivity contribution in [3.8, 4) is 0 Å². The van der Waals surface area contributed by atoms with E-state index in [0.717, 1.165) is 25.7 Å². The Balaban J connectivity index is 2.25. The van der Waals surface area contributed by atoms with Crippen LogP contribution >= 0.6 is 0 Å². The van der Waals surface area contributed by atoms with Crippen LogP contribution in [0.1, 0.15) is 25.7 Å². The molecular weight excluding hydrogens is 236 g/mol.